The molecule has 1 heterocycles. The number of ether oxygens (including phenoxy) is 2. The number of carbonyl (C=O) groups excluding carboxylic acids is 1. The number of nitrogens with two attached hydrogens (primary N) is 1. The van der Waals surface area contributed by atoms with Crippen molar-refractivity contribution in [2.75, 3.05) is 33.9 Å². The Hall–Kier alpha value is -0.650. The average molecular weight is 272 g/mol. The van der Waals surface area contributed by atoms with Gasteiger partial charge in [0.15, 0.2) is 0 Å². The Morgan fingerprint density at radius 3 is 2.74 bits per heavy atom. The number of nitrogens with zero attached hydrogens (tertiary/aromatic N) is 1. The average Bonchev–Trinajstić information content (AvgIpc) is 2.39. The third-order valence-corrected chi connectivity index (χ3v) is 4.10. The lowest BCUT2D eigenvalue weighted by molar-refractivity contribution is -0.146. The van der Waals surface area contributed by atoms with Gasteiger partial charge in [0.05, 0.1) is 13.2 Å². The van der Waals surface area contributed by atoms with Gasteiger partial charge in [-0.15, -0.1) is 0 Å². The molecule has 0 aliphatic carbocycles. The number of carbonyl (C=O) groups is 1. The van der Waals surface area contributed by atoms with E-state index in [4.69, 9.17) is 15.2 Å². The van der Waals surface area contributed by atoms with Crippen LogP contribution in [0, 0.1) is 5.92 Å². The largest absolute Gasteiger partial charge is 0.468 e. The molecule has 1 fully saturated rings. The number of piperidine rings is 1. The van der Waals surface area contributed by atoms with Crippen molar-refractivity contribution in [2.24, 2.45) is 11.7 Å². The lowest BCUT2D eigenvalue weighted by Crippen LogP contribution is -2.47. The molecule has 0 aromatic rings. The minimum atomic E-state index is -0.877. The molecule has 1 saturated heterocycles. The fourth-order valence-corrected chi connectivity index (χ4v) is 2.61. The molecule has 0 spiro atoms. The maximum absolute atomic E-state index is 11.5. The highest BCUT2D eigenvalue weighted by atomic mass is 16.5. The van der Waals surface area contributed by atoms with Crippen LogP contribution in [0.4, 0.5) is 0 Å². The first-order valence-corrected chi connectivity index (χ1v) is 7.03. The molecule has 0 saturated carbocycles. The fourth-order valence-electron chi connectivity index (χ4n) is 2.61. The molecule has 1 aliphatic heterocycles. The summed E-state index contributed by atoms with van der Waals surface area (Å²) < 4.78 is 10.2. The molecule has 0 radical (unpaired) electrons. The number of rotatable bonds is 6. The van der Waals surface area contributed by atoms with E-state index in [2.05, 4.69) is 11.8 Å². The van der Waals surface area contributed by atoms with Crippen LogP contribution in [0.1, 0.15) is 33.1 Å². The summed E-state index contributed by atoms with van der Waals surface area (Å²) in [6, 6.07) is 0. The van der Waals surface area contributed by atoms with Crippen molar-refractivity contribution in [1.82, 2.24) is 4.90 Å². The first-order chi connectivity index (χ1) is 8.90. The van der Waals surface area contributed by atoms with E-state index < -0.39 is 5.54 Å². The zero-order chi connectivity index (χ0) is 14.5. The van der Waals surface area contributed by atoms with Crippen LogP contribution in [0.2, 0.25) is 0 Å². The second-order valence-electron chi connectivity index (χ2n) is 5.85. The van der Waals surface area contributed by atoms with E-state index >= 15 is 0 Å². The highest BCUT2D eigenvalue weighted by Crippen LogP contribution is 2.20. The van der Waals surface area contributed by atoms with Gasteiger partial charge in [-0.1, -0.05) is 6.92 Å². The molecule has 0 bridgehead atoms. The molecule has 5 nitrogen and oxygen atoms in total. The lowest BCUT2D eigenvalue weighted by atomic mass is 9.94. The van der Waals surface area contributed by atoms with Gasteiger partial charge in [0.1, 0.15) is 5.54 Å². The van der Waals surface area contributed by atoms with Crippen molar-refractivity contribution >= 4 is 5.97 Å². The van der Waals surface area contributed by atoms with Crippen LogP contribution in [0.25, 0.3) is 0 Å². The van der Waals surface area contributed by atoms with Crippen LogP contribution in [-0.2, 0) is 14.3 Å². The van der Waals surface area contributed by atoms with Gasteiger partial charge in [0, 0.05) is 13.7 Å². The molecule has 1 aliphatic rings. The first-order valence-electron chi connectivity index (χ1n) is 7.03. The highest BCUT2D eigenvalue weighted by molar-refractivity contribution is 5.79. The molecule has 3 unspecified atom stereocenters. The molecule has 0 aromatic carbocycles. The fraction of sp³-hybridized carbons (Fsp3) is 0.929. The van der Waals surface area contributed by atoms with Crippen molar-refractivity contribution in [3.05, 3.63) is 0 Å². The molecule has 1 rings (SSSR count). The Bertz CT molecular complexity index is 294. The van der Waals surface area contributed by atoms with Gasteiger partial charge < -0.3 is 20.1 Å². The Morgan fingerprint density at radius 2 is 2.16 bits per heavy atom. The van der Waals surface area contributed by atoms with Crippen molar-refractivity contribution in [3.63, 3.8) is 0 Å². The highest BCUT2D eigenvalue weighted by Gasteiger charge is 2.30. The molecule has 5 heteroatoms. The Labute approximate surface area is 116 Å². The van der Waals surface area contributed by atoms with Gasteiger partial charge in [-0.05, 0) is 45.2 Å². The second kappa shape index (κ2) is 7.22. The number of methoxy groups -OCH3 is 2. The van der Waals surface area contributed by atoms with Crippen LogP contribution >= 0.6 is 0 Å². The van der Waals surface area contributed by atoms with Crippen molar-refractivity contribution in [1.29, 1.82) is 0 Å². The Balaban J connectivity index is 2.32. The molecule has 3 atom stereocenters. The molecule has 0 aromatic heterocycles. The van der Waals surface area contributed by atoms with Crippen LogP contribution < -0.4 is 5.73 Å². The van der Waals surface area contributed by atoms with E-state index in [9.17, 15) is 4.79 Å². The third-order valence-electron chi connectivity index (χ3n) is 4.10. The molecular formula is C14H28N2O3. The molecule has 112 valence electrons. The lowest BCUT2D eigenvalue weighted by Gasteiger charge is -2.36. The molecule has 0 amide bonds. The van der Waals surface area contributed by atoms with Crippen LogP contribution in [0.3, 0.4) is 0 Å². The summed E-state index contributed by atoms with van der Waals surface area (Å²) >= 11 is 0. The van der Waals surface area contributed by atoms with Gasteiger partial charge in [0.2, 0.25) is 0 Å². The van der Waals surface area contributed by atoms with E-state index in [0.29, 0.717) is 18.4 Å². The second-order valence-corrected chi connectivity index (χ2v) is 5.85. The summed E-state index contributed by atoms with van der Waals surface area (Å²) in [6.07, 6.45) is 3.02. The minimum absolute atomic E-state index is 0.318. The smallest absolute Gasteiger partial charge is 0.325 e. The van der Waals surface area contributed by atoms with Crippen LogP contribution in [0.5, 0.6) is 0 Å². The zero-order valence-electron chi connectivity index (χ0n) is 12.6. The van der Waals surface area contributed by atoms with Gasteiger partial charge in [-0.3, -0.25) is 4.79 Å². The minimum Gasteiger partial charge on any atom is -0.468 e. The molecule has 2 N–H and O–H groups in total. The van der Waals surface area contributed by atoms with Crippen molar-refractivity contribution < 1.29 is 14.3 Å². The summed E-state index contributed by atoms with van der Waals surface area (Å²) in [6.45, 7) is 6.99. The summed E-state index contributed by atoms with van der Waals surface area (Å²) in [4.78, 5) is 13.9. The number of hydrogen-bond acceptors (Lipinski definition) is 5. The van der Waals surface area contributed by atoms with Crippen molar-refractivity contribution in [3.8, 4) is 0 Å². The van der Waals surface area contributed by atoms with E-state index in [1.165, 1.54) is 7.11 Å². The van der Waals surface area contributed by atoms with Gasteiger partial charge in [-0.25, -0.2) is 0 Å². The Morgan fingerprint density at radius 1 is 1.47 bits per heavy atom. The maximum Gasteiger partial charge on any atom is 0.325 e. The van der Waals surface area contributed by atoms with E-state index in [-0.39, 0.29) is 5.97 Å². The predicted octanol–water partition coefficient (Wildman–Crippen LogP) is 1.01. The standard InChI is InChI=1S/C14H28N2O3/c1-11-6-9-16(10-12(11)18-3)8-5-7-14(2,15)13(17)19-4/h11-12H,5-10,15H2,1-4H3. The number of likely N-dealkylation sites (tertiary alicyclic amines) is 1. The number of hydrogen-bond donors (Lipinski definition) is 1. The first kappa shape index (κ1) is 16.4. The molecular weight excluding hydrogens is 244 g/mol. The zero-order valence-corrected chi connectivity index (χ0v) is 12.6. The SMILES string of the molecule is COC(=O)C(C)(N)CCCN1CCC(C)C(OC)C1. The normalized spacial score (nSPS) is 27.8. The Kier molecular flexibility index (Phi) is 6.23. The monoisotopic (exact) mass is 272 g/mol. The maximum atomic E-state index is 11.5. The summed E-state index contributed by atoms with van der Waals surface area (Å²) in [5.41, 5.74) is 5.07. The van der Waals surface area contributed by atoms with Crippen LogP contribution in [-0.4, -0.2) is 56.4 Å². The van der Waals surface area contributed by atoms with E-state index in [1.807, 2.05) is 0 Å². The third kappa shape index (κ3) is 4.75. The quantitative estimate of drug-likeness (QED) is 0.731. The van der Waals surface area contributed by atoms with Gasteiger partial charge in [-0.2, -0.15) is 0 Å². The molecule has 19 heavy (non-hydrogen) atoms. The van der Waals surface area contributed by atoms with Gasteiger partial charge >= 0.3 is 5.97 Å². The topological polar surface area (TPSA) is 64.8 Å². The van der Waals surface area contributed by atoms with Crippen LogP contribution in [0.15, 0.2) is 0 Å². The summed E-state index contributed by atoms with van der Waals surface area (Å²) in [5.74, 6) is 0.283. The number of esters is 1. The van der Waals surface area contributed by atoms with Crippen molar-refractivity contribution in [2.45, 2.75) is 44.8 Å². The van der Waals surface area contributed by atoms with Gasteiger partial charge in [0.25, 0.3) is 0 Å². The summed E-state index contributed by atoms with van der Waals surface area (Å²) in [7, 11) is 3.15. The van der Waals surface area contributed by atoms with E-state index in [0.717, 1.165) is 32.5 Å². The summed E-state index contributed by atoms with van der Waals surface area (Å²) in [5, 5.41) is 0. The van der Waals surface area contributed by atoms with E-state index in [1.54, 1.807) is 14.0 Å². The predicted molar refractivity (Wildman–Crippen MR) is 74.9 cm³/mol.